The predicted molar refractivity (Wildman–Crippen MR) is 214 cm³/mol. The zero-order valence-electron chi connectivity index (χ0n) is 33.5. The first kappa shape index (κ1) is 42.8. The zero-order valence-corrected chi connectivity index (χ0v) is 33.5. The van der Waals surface area contributed by atoms with Crippen LogP contribution in [0.2, 0.25) is 0 Å². The van der Waals surface area contributed by atoms with Gasteiger partial charge in [-0.25, -0.2) is 4.79 Å². The molecule has 324 valence electrons. The van der Waals surface area contributed by atoms with Crippen molar-refractivity contribution in [1.29, 1.82) is 0 Å². The molecular weight excluding hydrogens is 812 g/mol. The number of benzene rings is 4. The topological polar surface area (TPSA) is 153 Å². The Morgan fingerprint density at radius 1 is 0.919 bits per heavy atom. The minimum absolute atomic E-state index is 0.0446. The number of nitrogens with one attached hydrogen (secondary N) is 1. The van der Waals surface area contributed by atoms with Crippen LogP contribution in [-0.2, 0) is 61.7 Å². The number of alkyl halides is 3. The number of nitrogens with zero attached hydrogens (tertiary/aromatic N) is 2. The number of ether oxygens (including phenoxy) is 4. The lowest BCUT2D eigenvalue weighted by atomic mass is 9.62. The maximum absolute atomic E-state index is 15.6. The number of esters is 2. The molecule has 13 nitrogen and oxygen atoms in total. The monoisotopic (exact) mass is 855 g/mol. The van der Waals surface area contributed by atoms with Crippen molar-refractivity contribution >= 4 is 29.8 Å². The Morgan fingerprint density at radius 2 is 1.55 bits per heavy atom. The van der Waals surface area contributed by atoms with E-state index >= 15 is 4.79 Å². The van der Waals surface area contributed by atoms with Crippen LogP contribution in [-0.4, -0.2) is 108 Å². The summed E-state index contributed by atoms with van der Waals surface area (Å²) in [6, 6.07) is 31.9. The van der Waals surface area contributed by atoms with E-state index in [-0.39, 0.29) is 32.5 Å². The Bertz CT molecular complexity index is 2260. The van der Waals surface area contributed by atoms with Crippen LogP contribution in [0.3, 0.4) is 0 Å². The van der Waals surface area contributed by atoms with Gasteiger partial charge < -0.3 is 34.3 Å². The maximum atomic E-state index is 15.6. The molecule has 0 spiro atoms. The summed E-state index contributed by atoms with van der Waals surface area (Å²) in [5.41, 5.74) is 1.37. The van der Waals surface area contributed by atoms with E-state index in [2.05, 4.69) is 10.1 Å². The van der Waals surface area contributed by atoms with E-state index < -0.39 is 84.2 Å². The molecule has 4 aromatic carbocycles. The Balaban J connectivity index is 1.18. The van der Waals surface area contributed by atoms with Gasteiger partial charge in [-0.1, -0.05) is 115 Å². The maximum Gasteiger partial charge on any atom is 0.422 e. The van der Waals surface area contributed by atoms with Gasteiger partial charge in [0.25, 0.3) is 0 Å². The summed E-state index contributed by atoms with van der Waals surface area (Å²) in [5, 5.41) is 13.7. The number of carbonyl (C=O) groups is 4. The summed E-state index contributed by atoms with van der Waals surface area (Å²) in [6.07, 6.45) is -6.48. The van der Waals surface area contributed by atoms with E-state index in [9.17, 15) is 32.7 Å². The van der Waals surface area contributed by atoms with Crippen molar-refractivity contribution in [1.82, 2.24) is 15.3 Å². The van der Waals surface area contributed by atoms with Gasteiger partial charge in [-0.2, -0.15) is 18.2 Å². The van der Waals surface area contributed by atoms with Crippen LogP contribution in [0.4, 0.5) is 13.2 Å². The van der Waals surface area contributed by atoms with Crippen molar-refractivity contribution in [3.63, 3.8) is 0 Å². The SMILES string of the molecule is CN(C(=O)C12CC3OC(=O)C1N(Cc1cccc(C=CC(=O)OCC(F)(F)F)c1)OC2C1OC(c2ccccc2)(c2ccccc2)OC31)C(Cc1ccccc1)C(=O)NCCO. The van der Waals surface area contributed by atoms with Gasteiger partial charge in [0, 0.05) is 43.6 Å². The highest BCUT2D eigenvalue weighted by atomic mass is 19.4. The number of likely N-dealkylation sites (N-methyl/N-ethyl adjacent to an activating group) is 1. The fraction of sp³-hybridized carbons (Fsp3) is 0.348. The summed E-state index contributed by atoms with van der Waals surface area (Å²) < 4.78 is 62.3. The second-order valence-corrected chi connectivity index (χ2v) is 15.7. The molecule has 4 aliphatic rings. The molecule has 2 N–H and O–H groups in total. The van der Waals surface area contributed by atoms with Gasteiger partial charge in [0.1, 0.15) is 35.9 Å². The van der Waals surface area contributed by atoms with Crippen LogP contribution in [0.5, 0.6) is 0 Å². The van der Waals surface area contributed by atoms with Crippen molar-refractivity contribution in [3.05, 3.63) is 149 Å². The molecular formula is C46H44F3N3O10. The number of hydroxylamine groups is 2. The molecule has 62 heavy (non-hydrogen) atoms. The summed E-state index contributed by atoms with van der Waals surface area (Å²) in [6.45, 7) is -2.19. The normalized spacial score (nSPS) is 25.4. The average molecular weight is 856 g/mol. The summed E-state index contributed by atoms with van der Waals surface area (Å²) in [5.74, 6) is -4.52. The van der Waals surface area contributed by atoms with E-state index in [1.165, 1.54) is 23.1 Å². The number of rotatable bonds is 14. The number of hydrogen-bond donors (Lipinski definition) is 2. The van der Waals surface area contributed by atoms with E-state index in [0.29, 0.717) is 22.3 Å². The molecule has 4 aromatic rings. The molecule has 8 rings (SSSR count). The molecule has 0 radical (unpaired) electrons. The molecule has 2 bridgehead atoms. The largest absolute Gasteiger partial charge is 0.458 e. The lowest BCUT2D eigenvalue weighted by Gasteiger charge is -2.50. The third-order valence-corrected chi connectivity index (χ3v) is 11.7. The van der Waals surface area contributed by atoms with Crippen molar-refractivity contribution in [3.8, 4) is 0 Å². The fourth-order valence-electron chi connectivity index (χ4n) is 9.02. The Labute approximate surface area is 354 Å². The van der Waals surface area contributed by atoms with Crippen LogP contribution >= 0.6 is 0 Å². The molecule has 2 amide bonds. The Kier molecular flexibility index (Phi) is 12.0. The number of amides is 2. The first-order chi connectivity index (χ1) is 29.8. The highest BCUT2D eigenvalue weighted by Crippen LogP contribution is 2.59. The van der Waals surface area contributed by atoms with Gasteiger partial charge in [-0.15, -0.1) is 0 Å². The van der Waals surface area contributed by atoms with Crippen LogP contribution in [0, 0.1) is 5.41 Å². The van der Waals surface area contributed by atoms with E-state index in [1.54, 1.807) is 24.3 Å². The Hall–Kier alpha value is -5.91. The smallest absolute Gasteiger partial charge is 0.422 e. The highest BCUT2D eigenvalue weighted by molar-refractivity contribution is 5.96. The average Bonchev–Trinajstić information content (AvgIpc) is 3.86. The molecule has 0 aromatic heterocycles. The van der Waals surface area contributed by atoms with Gasteiger partial charge in [0.15, 0.2) is 12.6 Å². The van der Waals surface area contributed by atoms with Crippen LogP contribution in [0.25, 0.3) is 6.08 Å². The first-order valence-corrected chi connectivity index (χ1v) is 20.1. The second kappa shape index (κ2) is 17.5. The quantitative estimate of drug-likeness (QED) is 0.137. The number of hydrogen-bond acceptors (Lipinski definition) is 11. The standard InChI is InChI=1S/C46H44F3N3O10/c1-51(34(41(55)50-22-23-53)25-29-12-5-2-6-13-29)43(57)44-26-35-37-38(61-46(60-37,32-16-7-3-8-17-32)33-18-9-4-10-19-33)40(44)62-52(39(44)42(56)59-35)27-31-15-11-14-30(24-31)20-21-36(54)58-28-45(47,48)49/h2-21,24,34-35,37-40,53H,22-23,25-28H2,1H3,(H,50,55). The molecule has 3 saturated heterocycles. The van der Waals surface area contributed by atoms with Gasteiger partial charge in [-0.05, 0) is 22.8 Å². The molecule has 3 heterocycles. The van der Waals surface area contributed by atoms with Crippen molar-refractivity contribution in [2.75, 3.05) is 26.8 Å². The zero-order chi connectivity index (χ0) is 43.6. The predicted octanol–water partition coefficient (Wildman–Crippen LogP) is 4.47. The second-order valence-electron chi connectivity index (χ2n) is 15.7. The number of fused-ring (bicyclic) bond motifs is 4. The van der Waals surface area contributed by atoms with Crippen LogP contribution in [0.15, 0.2) is 121 Å². The molecule has 7 unspecified atom stereocenters. The van der Waals surface area contributed by atoms with Gasteiger partial charge in [-0.3, -0.25) is 19.2 Å². The number of aliphatic hydroxyl groups excluding tert-OH is 1. The molecule has 1 saturated carbocycles. The van der Waals surface area contributed by atoms with E-state index in [4.69, 9.17) is 19.0 Å². The minimum Gasteiger partial charge on any atom is -0.458 e. The molecule has 3 aliphatic heterocycles. The first-order valence-electron chi connectivity index (χ1n) is 20.1. The number of aliphatic hydroxyl groups is 1. The molecule has 16 heteroatoms. The summed E-state index contributed by atoms with van der Waals surface area (Å²) in [4.78, 5) is 64.2. The summed E-state index contributed by atoms with van der Waals surface area (Å²) in [7, 11) is 1.51. The fourth-order valence-corrected chi connectivity index (χ4v) is 9.02. The third kappa shape index (κ3) is 8.23. The van der Waals surface area contributed by atoms with Gasteiger partial charge >= 0.3 is 18.1 Å². The lowest BCUT2D eigenvalue weighted by Crippen LogP contribution is -2.70. The van der Waals surface area contributed by atoms with Gasteiger partial charge in [0.2, 0.25) is 17.6 Å². The molecule has 4 fully saturated rings. The van der Waals surface area contributed by atoms with E-state index in [1.807, 2.05) is 91.0 Å². The molecule has 7 atom stereocenters. The van der Waals surface area contributed by atoms with Crippen molar-refractivity contribution < 1.29 is 61.2 Å². The third-order valence-electron chi connectivity index (χ3n) is 11.7. The summed E-state index contributed by atoms with van der Waals surface area (Å²) >= 11 is 0. The van der Waals surface area contributed by atoms with Crippen molar-refractivity contribution in [2.24, 2.45) is 5.41 Å². The minimum atomic E-state index is -4.68. The van der Waals surface area contributed by atoms with Gasteiger partial charge in [0.05, 0.1) is 13.2 Å². The molecule has 1 aliphatic carbocycles. The van der Waals surface area contributed by atoms with Crippen LogP contribution < -0.4 is 5.32 Å². The van der Waals surface area contributed by atoms with Crippen LogP contribution in [0.1, 0.15) is 34.2 Å². The van der Waals surface area contributed by atoms with Crippen molar-refractivity contribution in [2.45, 2.75) is 67.8 Å². The number of carbonyl (C=O) groups excluding carboxylic acids is 4. The lowest BCUT2D eigenvalue weighted by molar-refractivity contribution is -0.214. The Morgan fingerprint density at radius 3 is 2.19 bits per heavy atom. The highest BCUT2D eigenvalue weighted by Gasteiger charge is 2.77. The van der Waals surface area contributed by atoms with E-state index in [0.717, 1.165) is 11.6 Å². The number of halogens is 3.